The highest BCUT2D eigenvalue weighted by Gasteiger charge is 2.09. The molecule has 0 nitrogen and oxygen atoms in total. The molecule has 0 aromatic carbocycles. The molecule has 1 rings (SSSR count). The normalized spacial score (nSPS) is 21.0. The van der Waals surface area contributed by atoms with Gasteiger partial charge in [0.05, 0.1) is 0 Å². The molecule has 0 atom stereocenters. The molecule has 0 aromatic heterocycles. The summed E-state index contributed by atoms with van der Waals surface area (Å²) in [5.41, 5.74) is 0. The van der Waals surface area contributed by atoms with Gasteiger partial charge in [-0.3, -0.25) is 0 Å². The van der Waals surface area contributed by atoms with E-state index in [1.807, 2.05) is 18.1 Å². The molecular formula is C8H14S. The first-order valence-corrected chi connectivity index (χ1v) is 4.64. The van der Waals surface area contributed by atoms with Gasteiger partial charge in [0.1, 0.15) is 0 Å². The summed E-state index contributed by atoms with van der Waals surface area (Å²) in [7, 11) is 0. The summed E-state index contributed by atoms with van der Waals surface area (Å²) in [6.45, 7) is 2.01. The van der Waals surface area contributed by atoms with Crippen molar-refractivity contribution in [3.63, 3.8) is 0 Å². The van der Waals surface area contributed by atoms with Gasteiger partial charge in [-0.2, -0.15) is 0 Å². The second-order valence-electron chi connectivity index (χ2n) is 2.58. The molecule has 0 saturated heterocycles. The monoisotopic (exact) mass is 142 g/mol. The third kappa shape index (κ3) is 2.38. The second-order valence-corrected chi connectivity index (χ2v) is 3.89. The molecule has 0 unspecified atom stereocenters. The quantitative estimate of drug-likeness (QED) is 0.487. The Morgan fingerprint density at radius 3 is 2.44 bits per heavy atom. The SMILES string of the molecule is CC#SC1CCCCC1. The van der Waals surface area contributed by atoms with E-state index < -0.39 is 0 Å². The summed E-state index contributed by atoms with van der Waals surface area (Å²) in [5, 5.41) is 4.06. The molecule has 0 N–H and O–H groups in total. The van der Waals surface area contributed by atoms with Crippen LogP contribution in [0.1, 0.15) is 39.0 Å². The van der Waals surface area contributed by atoms with Gasteiger partial charge in [-0.1, -0.05) is 24.4 Å². The number of hydrogen-bond donors (Lipinski definition) is 0. The molecule has 0 aliphatic heterocycles. The fourth-order valence-corrected chi connectivity index (χ4v) is 2.25. The van der Waals surface area contributed by atoms with E-state index in [9.17, 15) is 0 Å². The molecule has 0 radical (unpaired) electrons. The third-order valence-electron chi connectivity index (χ3n) is 1.84. The molecule has 1 saturated carbocycles. The van der Waals surface area contributed by atoms with Crippen LogP contribution in [0.4, 0.5) is 0 Å². The van der Waals surface area contributed by atoms with Gasteiger partial charge in [0.25, 0.3) is 0 Å². The third-order valence-corrected chi connectivity index (χ3v) is 2.88. The lowest BCUT2D eigenvalue weighted by molar-refractivity contribution is 0.518. The van der Waals surface area contributed by atoms with E-state index in [0.717, 1.165) is 5.25 Å². The van der Waals surface area contributed by atoms with E-state index in [0.29, 0.717) is 0 Å². The Kier molecular flexibility index (Phi) is 3.10. The minimum absolute atomic E-state index is 0.906. The van der Waals surface area contributed by atoms with E-state index in [4.69, 9.17) is 0 Å². The lowest BCUT2D eigenvalue weighted by Crippen LogP contribution is -2.04. The predicted octanol–water partition coefficient (Wildman–Crippen LogP) is 3.03. The average molecular weight is 142 g/mol. The fraction of sp³-hybridized carbons (Fsp3) is 0.875. The predicted molar refractivity (Wildman–Crippen MR) is 44.0 cm³/mol. The Morgan fingerprint density at radius 2 is 1.89 bits per heavy atom. The van der Waals surface area contributed by atoms with Crippen molar-refractivity contribution in [1.29, 1.82) is 0 Å². The zero-order chi connectivity index (χ0) is 6.53. The molecule has 1 heteroatoms. The summed E-state index contributed by atoms with van der Waals surface area (Å²) in [5.74, 6) is 0. The molecule has 0 spiro atoms. The summed E-state index contributed by atoms with van der Waals surface area (Å²) in [6.07, 6.45) is 7.19. The van der Waals surface area contributed by atoms with Gasteiger partial charge in [0.15, 0.2) is 0 Å². The smallest absolute Gasteiger partial charge is 0.0291 e. The Labute approximate surface area is 61.3 Å². The largest absolute Gasteiger partial charge is 0.132 e. The minimum Gasteiger partial charge on any atom is -0.132 e. The molecule has 9 heavy (non-hydrogen) atoms. The maximum atomic E-state index is 3.15. The van der Waals surface area contributed by atoms with Crippen LogP contribution in [-0.2, 0) is 0 Å². The Balaban J connectivity index is 2.28. The lowest BCUT2D eigenvalue weighted by atomic mass is 10.0. The fourth-order valence-electron chi connectivity index (χ4n) is 1.35. The second kappa shape index (κ2) is 3.92. The van der Waals surface area contributed by atoms with Crippen molar-refractivity contribution in [2.45, 2.75) is 44.3 Å². The van der Waals surface area contributed by atoms with E-state index in [2.05, 4.69) is 5.18 Å². The molecule has 52 valence electrons. The zero-order valence-corrected chi connectivity index (χ0v) is 6.84. The number of rotatable bonds is 0. The molecule has 0 amide bonds. The van der Waals surface area contributed by atoms with Crippen molar-refractivity contribution in [2.75, 3.05) is 0 Å². The van der Waals surface area contributed by atoms with Gasteiger partial charge in [-0.15, -0.1) is 11.2 Å². The van der Waals surface area contributed by atoms with E-state index in [1.54, 1.807) is 0 Å². The Bertz CT molecular complexity index is 123. The van der Waals surface area contributed by atoms with Crippen LogP contribution in [0.3, 0.4) is 0 Å². The Morgan fingerprint density at radius 1 is 1.22 bits per heavy atom. The zero-order valence-electron chi connectivity index (χ0n) is 6.02. The molecule has 0 heterocycles. The summed E-state index contributed by atoms with van der Waals surface area (Å²) in [4.78, 5) is 0. The van der Waals surface area contributed by atoms with Crippen LogP contribution in [-0.4, -0.2) is 5.25 Å². The highest BCUT2D eigenvalue weighted by molar-refractivity contribution is 7.89. The van der Waals surface area contributed by atoms with Crippen molar-refractivity contribution in [3.05, 3.63) is 0 Å². The summed E-state index contributed by atoms with van der Waals surface area (Å²) >= 11 is 1.90. The average Bonchev–Trinajstić information content (AvgIpc) is 1.91. The molecule has 1 aliphatic carbocycles. The molecule has 1 fully saturated rings. The van der Waals surface area contributed by atoms with Crippen molar-refractivity contribution < 1.29 is 0 Å². The van der Waals surface area contributed by atoms with Crippen LogP contribution >= 0.6 is 11.2 Å². The van der Waals surface area contributed by atoms with Crippen molar-refractivity contribution in [1.82, 2.24) is 0 Å². The van der Waals surface area contributed by atoms with Gasteiger partial charge in [0.2, 0.25) is 0 Å². The van der Waals surface area contributed by atoms with Gasteiger partial charge >= 0.3 is 0 Å². The van der Waals surface area contributed by atoms with Crippen LogP contribution in [0.2, 0.25) is 0 Å². The number of hydrogen-bond acceptors (Lipinski definition) is 0. The molecule has 1 aliphatic rings. The first kappa shape index (κ1) is 7.11. The first-order valence-electron chi connectivity index (χ1n) is 3.76. The summed E-state index contributed by atoms with van der Waals surface area (Å²) < 4.78 is 0. The van der Waals surface area contributed by atoms with Crippen molar-refractivity contribution in [3.8, 4) is 5.18 Å². The van der Waals surface area contributed by atoms with Crippen LogP contribution < -0.4 is 0 Å². The highest BCUT2D eigenvalue weighted by Crippen LogP contribution is 2.22. The van der Waals surface area contributed by atoms with Gasteiger partial charge < -0.3 is 0 Å². The van der Waals surface area contributed by atoms with Crippen LogP contribution in [0, 0.1) is 5.18 Å². The topological polar surface area (TPSA) is 0 Å². The van der Waals surface area contributed by atoms with Crippen LogP contribution in [0.25, 0.3) is 0 Å². The van der Waals surface area contributed by atoms with Crippen molar-refractivity contribution >= 4 is 11.2 Å². The molecule has 0 aromatic rings. The van der Waals surface area contributed by atoms with Crippen LogP contribution in [0.5, 0.6) is 0 Å². The first-order chi connectivity index (χ1) is 4.43. The standard InChI is InChI=1S/C8H14S/c1-2-9-8-6-4-3-5-7-8/h8H,3-7H2,1H3. The lowest BCUT2D eigenvalue weighted by Gasteiger charge is -2.15. The molecule has 0 bridgehead atoms. The van der Waals surface area contributed by atoms with Gasteiger partial charge in [-0.05, 0) is 19.8 Å². The molecular weight excluding hydrogens is 128 g/mol. The maximum absolute atomic E-state index is 3.15. The maximum Gasteiger partial charge on any atom is 0.0291 e. The van der Waals surface area contributed by atoms with Gasteiger partial charge in [0, 0.05) is 5.25 Å². The van der Waals surface area contributed by atoms with E-state index in [-0.39, 0.29) is 0 Å². The van der Waals surface area contributed by atoms with Crippen LogP contribution in [0.15, 0.2) is 0 Å². The highest BCUT2D eigenvalue weighted by atomic mass is 32.1. The van der Waals surface area contributed by atoms with E-state index in [1.165, 1.54) is 32.1 Å². The van der Waals surface area contributed by atoms with Crippen molar-refractivity contribution in [2.24, 2.45) is 0 Å². The summed E-state index contributed by atoms with van der Waals surface area (Å²) in [6, 6.07) is 0. The van der Waals surface area contributed by atoms with Gasteiger partial charge in [-0.25, -0.2) is 0 Å². The minimum atomic E-state index is 0.906. The Hall–Kier alpha value is 0. The van der Waals surface area contributed by atoms with E-state index >= 15 is 0 Å².